The number of anilines is 1. The molecule has 0 aliphatic rings. The molecule has 2 aromatic carbocycles. The number of benzene rings is 2. The van der Waals surface area contributed by atoms with Crippen LogP contribution < -0.4 is 15.5 Å². The Labute approximate surface area is 185 Å². The fourth-order valence-corrected chi connectivity index (χ4v) is 3.55. The van der Waals surface area contributed by atoms with E-state index in [4.69, 9.17) is 4.42 Å². The van der Waals surface area contributed by atoms with E-state index in [1.807, 2.05) is 13.8 Å². The van der Waals surface area contributed by atoms with E-state index in [9.17, 15) is 18.0 Å². The maximum Gasteiger partial charge on any atom is 0.329 e. The molecule has 0 bridgehead atoms. The predicted molar refractivity (Wildman–Crippen MR) is 119 cm³/mol. The number of aryl methyl sites for hydroxylation is 2. The normalized spacial score (nSPS) is 11.4. The van der Waals surface area contributed by atoms with Gasteiger partial charge in [-0.1, -0.05) is 35.4 Å². The third-order valence-electron chi connectivity index (χ3n) is 4.32. The third kappa shape index (κ3) is 6.37. The van der Waals surface area contributed by atoms with E-state index in [1.54, 1.807) is 48.5 Å². The highest BCUT2D eigenvalue weighted by atomic mass is 32.2. The van der Waals surface area contributed by atoms with Crippen LogP contribution in [0.25, 0.3) is 0 Å². The molecule has 166 valence electrons. The maximum atomic E-state index is 12.3. The zero-order valence-corrected chi connectivity index (χ0v) is 18.3. The van der Waals surface area contributed by atoms with Crippen molar-refractivity contribution in [2.45, 2.75) is 25.3 Å². The molecule has 9 nitrogen and oxygen atoms in total. The minimum atomic E-state index is -3.68. The molecular weight excluding hydrogens is 432 g/mol. The van der Waals surface area contributed by atoms with Crippen LogP contribution in [0.2, 0.25) is 0 Å². The first-order valence-corrected chi connectivity index (χ1v) is 11.1. The van der Waals surface area contributed by atoms with Crippen molar-refractivity contribution in [1.82, 2.24) is 10.1 Å². The van der Waals surface area contributed by atoms with Crippen LogP contribution in [0, 0.1) is 13.8 Å². The van der Waals surface area contributed by atoms with Crippen molar-refractivity contribution >= 4 is 33.7 Å². The predicted octanol–water partition coefficient (Wildman–Crippen LogP) is 2.46. The van der Waals surface area contributed by atoms with Crippen molar-refractivity contribution in [2.75, 3.05) is 5.32 Å². The molecule has 0 atom stereocenters. The second-order valence-corrected chi connectivity index (χ2v) is 8.73. The van der Waals surface area contributed by atoms with E-state index >= 15 is 0 Å². The number of nitrogens with one attached hydrogen (secondary N) is 3. The summed E-state index contributed by atoms with van der Waals surface area (Å²) in [5, 5.41) is 6.13. The van der Waals surface area contributed by atoms with Crippen molar-refractivity contribution in [3.05, 3.63) is 83.3 Å². The average Bonchev–Trinajstić information content (AvgIpc) is 3.22. The highest BCUT2D eigenvalue weighted by Crippen LogP contribution is 2.12. The molecule has 3 rings (SSSR count). The Morgan fingerprint density at radius 3 is 2.19 bits per heavy atom. The SMILES string of the molecule is Cc1ccc(NC(=O)C(=O)N/N=C/c2ccc(CNS(=O)(=O)c3ccc(C)cc3)o2)cc1. The Hall–Kier alpha value is -3.76. The number of carbonyl (C=O) groups excluding carboxylic acids is 2. The lowest BCUT2D eigenvalue weighted by molar-refractivity contribution is -0.136. The number of amides is 2. The van der Waals surface area contributed by atoms with Crippen LogP contribution in [0.4, 0.5) is 5.69 Å². The lowest BCUT2D eigenvalue weighted by atomic mass is 10.2. The van der Waals surface area contributed by atoms with E-state index in [2.05, 4.69) is 20.6 Å². The first-order valence-electron chi connectivity index (χ1n) is 9.59. The zero-order chi connectivity index (χ0) is 23.1. The smallest absolute Gasteiger partial charge is 0.329 e. The van der Waals surface area contributed by atoms with Gasteiger partial charge in [0.25, 0.3) is 0 Å². The summed E-state index contributed by atoms with van der Waals surface area (Å²) in [4.78, 5) is 23.9. The fraction of sp³-hybridized carbons (Fsp3) is 0.136. The van der Waals surface area contributed by atoms with Crippen LogP contribution >= 0.6 is 0 Å². The zero-order valence-electron chi connectivity index (χ0n) is 17.5. The number of hydrogen-bond acceptors (Lipinski definition) is 6. The van der Waals surface area contributed by atoms with Crippen LogP contribution in [-0.4, -0.2) is 26.4 Å². The van der Waals surface area contributed by atoms with Gasteiger partial charge in [-0.15, -0.1) is 0 Å². The van der Waals surface area contributed by atoms with Gasteiger partial charge in [0.2, 0.25) is 10.0 Å². The molecule has 0 spiro atoms. The number of hydrogen-bond donors (Lipinski definition) is 3. The molecule has 3 N–H and O–H groups in total. The molecule has 32 heavy (non-hydrogen) atoms. The van der Waals surface area contributed by atoms with Gasteiger partial charge in [0.05, 0.1) is 17.7 Å². The Kier molecular flexibility index (Phi) is 7.18. The summed E-state index contributed by atoms with van der Waals surface area (Å²) in [7, 11) is -3.68. The van der Waals surface area contributed by atoms with Crippen molar-refractivity contribution in [3.63, 3.8) is 0 Å². The van der Waals surface area contributed by atoms with Gasteiger partial charge in [-0.3, -0.25) is 9.59 Å². The van der Waals surface area contributed by atoms with E-state index in [-0.39, 0.29) is 17.2 Å². The second kappa shape index (κ2) is 10.0. The van der Waals surface area contributed by atoms with E-state index < -0.39 is 21.8 Å². The minimum absolute atomic E-state index is 0.0602. The highest BCUT2D eigenvalue weighted by molar-refractivity contribution is 7.89. The Bertz CT molecular complexity index is 1230. The van der Waals surface area contributed by atoms with Gasteiger partial charge >= 0.3 is 11.8 Å². The molecule has 0 aliphatic carbocycles. The molecule has 3 aromatic rings. The average molecular weight is 455 g/mol. The lowest BCUT2D eigenvalue weighted by Gasteiger charge is -2.05. The number of nitrogens with zero attached hydrogens (tertiary/aromatic N) is 1. The highest BCUT2D eigenvalue weighted by Gasteiger charge is 2.15. The van der Waals surface area contributed by atoms with E-state index in [0.29, 0.717) is 11.4 Å². The molecule has 0 unspecified atom stereocenters. The summed E-state index contributed by atoms with van der Waals surface area (Å²) < 4.78 is 32.5. The summed E-state index contributed by atoms with van der Waals surface area (Å²) >= 11 is 0. The fourth-order valence-electron chi connectivity index (χ4n) is 2.56. The van der Waals surface area contributed by atoms with Gasteiger partial charge in [0.1, 0.15) is 11.5 Å². The summed E-state index contributed by atoms with van der Waals surface area (Å²) in [6, 6.07) is 16.6. The summed E-state index contributed by atoms with van der Waals surface area (Å²) in [6.45, 7) is 3.72. The molecule has 2 amide bonds. The van der Waals surface area contributed by atoms with Crippen molar-refractivity contribution < 1.29 is 22.4 Å². The number of carbonyl (C=O) groups is 2. The number of sulfonamides is 1. The third-order valence-corrected chi connectivity index (χ3v) is 5.74. The second-order valence-electron chi connectivity index (χ2n) is 6.96. The van der Waals surface area contributed by atoms with Gasteiger partial charge in [0, 0.05) is 5.69 Å². The molecule has 0 radical (unpaired) electrons. The summed E-state index contributed by atoms with van der Waals surface area (Å²) in [5.41, 5.74) is 4.57. The maximum absolute atomic E-state index is 12.3. The van der Waals surface area contributed by atoms with Crippen molar-refractivity contribution in [2.24, 2.45) is 5.10 Å². The largest absolute Gasteiger partial charge is 0.459 e. The molecule has 0 aliphatic heterocycles. The minimum Gasteiger partial charge on any atom is -0.459 e. The quantitative estimate of drug-likeness (QED) is 0.287. The Morgan fingerprint density at radius 1 is 0.906 bits per heavy atom. The van der Waals surface area contributed by atoms with Crippen LogP contribution in [0.5, 0.6) is 0 Å². The van der Waals surface area contributed by atoms with E-state index in [1.165, 1.54) is 18.3 Å². The number of hydrazone groups is 1. The van der Waals surface area contributed by atoms with Crippen LogP contribution in [0.15, 0.2) is 75.1 Å². The first-order chi connectivity index (χ1) is 15.2. The summed E-state index contributed by atoms with van der Waals surface area (Å²) in [5.74, 6) is -1.18. The monoisotopic (exact) mass is 454 g/mol. The lowest BCUT2D eigenvalue weighted by Crippen LogP contribution is -2.32. The number of rotatable bonds is 7. The molecule has 1 heterocycles. The van der Waals surface area contributed by atoms with Gasteiger partial charge in [0.15, 0.2) is 0 Å². The van der Waals surface area contributed by atoms with Crippen LogP contribution in [0.3, 0.4) is 0 Å². The molecule has 1 aromatic heterocycles. The van der Waals surface area contributed by atoms with Crippen LogP contribution in [-0.2, 0) is 26.2 Å². The molecular formula is C22H22N4O5S. The standard InChI is InChI=1S/C22H22N4O5S/c1-15-3-7-17(8-4-15)25-21(27)22(28)26-23-13-18-9-10-19(31-18)14-24-32(29,30)20-11-5-16(2)6-12-20/h3-13,24H,14H2,1-2H3,(H,25,27)(H,26,28)/b23-13+. The van der Waals surface area contributed by atoms with Gasteiger partial charge in [-0.05, 0) is 50.2 Å². The van der Waals surface area contributed by atoms with Crippen LogP contribution in [0.1, 0.15) is 22.6 Å². The molecule has 0 fully saturated rings. The Balaban J connectivity index is 1.49. The summed E-state index contributed by atoms with van der Waals surface area (Å²) in [6.07, 6.45) is 1.20. The van der Waals surface area contributed by atoms with Gasteiger partial charge < -0.3 is 9.73 Å². The Morgan fingerprint density at radius 2 is 1.53 bits per heavy atom. The van der Waals surface area contributed by atoms with Gasteiger partial charge in [-0.25, -0.2) is 18.6 Å². The van der Waals surface area contributed by atoms with E-state index in [0.717, 1.165) is 11.1 Å². The topological polar surface area (TPSA) is 130 Å². The van der Waals surface area contributed by atoms with Gasteiger partial charge in [-0.2, -0.15) is 5.10 Å². The molecule has 10 heteroatoms. The first kappa shape index (κ1) is 22.9. The molecule has 0 saturated heterocycles. The number of furan rings is 1. The van der Waals surface area contributed by atoms with Crippen molar-refractivity contribution in [3.8, 4) is 0 Å². The molecule has 0 saturated carbocycles. The van der Waals surface area contributed by atoms with Crippen molar-refractivity contribution in [1.29, 1.82) is 0 Å².